The number of amides is 1. The molecule has 1 rings (SSSR count). The fourth-order valence-corrected chi connectivity index (χ4v) is 2.90. The third kappa shape index (κ3) is 3.25. The van der Waals surface area contributed by atoms with Gasteiger partial charge in [-0.15, -0.1) is 0 Å². The van der Waals surface area contributed by atoms with Crippen molar-refractivity contribution in [3.63, 3.8) is 0 Å². The number of rotatable bonds is 6. The number of hydrogen-bond acceptors (Lipinski definition) is 2. The number of nitrogens with zero attached hydrogens (tertiary/aromatic N) is 1. The number of nitrogens with one attached hydrogen (secondary N) is 1. The fourth-order valence-electron chi connectivity index (χ4n) is 2.90. The molecule has 1 amide bonds. The van der Waals surface area contributed by atoms with Crippen LogP contribution in [0.5, 0.6) is 0 Å². The lowest BCUT2D eigenvalue weighted by Gasteiger charge is -2.32. The predicted molar refractivity (Wildman–Crippen MR) is 76.2 cm³/mol. The van der Waals surface area contributed by atoms with Crippen molar-refractivity contribution in [3.8, 4) is 0 Å². The van der Waals surface area contributed by atoms with Gasteiger partial charge in [0, 0.05) is 6.04 Å². The maximum absolute atomic E-state index is 12.6. The Bertz CT molecular complexity index is 272. The smallest absolute Gasteiger partial charge is 0.241 e. The Balaban J connectivity index is 2.89. The van der Waals surface area contributed by atoms with Crippen LogP contribution in [0.2, 0.25) is 0 Å². The second-order valence-corrected chi connectivity index (χ2v) is 6.25. The summed E-state index contributed by atoms with van der Waals surface area (Å²) in [6.07, 6.45) is 3.37. The van der Waals surface area contributed by atoms with Gasteiger partial charge in [0.2, 0.25) is 5.91 Å². The molecule has 2 atom stereocenters. The van der Waals surface area contributed by atoms with Crippen LogP contribution in [-0.2, 0) is 4.79 Å². The van der Waals surface area contributed by atoms with Crippen molar-refractivity contribution in [2.24, 2.45) is 11.8 Å². The van der Waals surface area contributed by atoms with Gasteiger partial charge in [-0.2, -0.15) is 0 Å². The molecule has 1 aliphatic rings. The van der Waals surface area contributed by atoms with Crippen molar-refractivity contribution in [2.45, 2.75) is 79.1 Å². The summed E-state index contributed by atoms with van der Waals surface area (Å²) in [5, 5.41) is 3.55. The molecule has 0 radical (unpaired) electrons. The van der Waals surface area contributed by atoms with Crippen LogP contribution in [0.4, 0.5) is 0 Å². The van der Waals surface area contributed by atoms with Gasteiger partial charge in [-0.05, 0) is 31.1 Å². The summed E-state index contributed by atoms with van der Waals surface area (Å²) in [5.74, 6) is 1.29. The molecule has 0 aromatic rings. The summed E-state index contributed by atoms with van der Waals surface area (Å²) >= 11 is 0. The fraction of sp³-hybridized carbons (Fsp3) is 0.933. The standard InChI is InChI=1S/C15H30N2O/c1-7-12(8-2)17-13(9-10(3)4)16-14(11(5)6)15(17)18/h10-14,16H,7-9H2,1-6H3. The second-order valence-electron chi connectivity index (χ2n) is 6.25. The Labute approximate surface area is 112 Å². The number of carbonyl (C=O) groups excluding carboxylic acids is 1. The van der Waals surface area contributed by atoms with E-state index in [1.807, 2.05) is 0 Å². The first-order valence-electron chi connectivity index (χ1n) is 7.50. The lowest BCUT2D eigenvalue weighted by atomic mass is 10.0. The molecule has 3 heteroatoms. The zero-order valence-electron chi connectivity index (χ0n) is 12.9. The van der Waals surface area contributed by atoms with Crippen molar-refractivity contribution in [1.29, 1.82) is 0 Å². The third-order valence-corrected chi connectivity index (χ3v) is 3.93. The van der Waals surface area contributed by atoms with Crippen molar-refractivity contribution in [3.05, 3.63) is 0 Å². The molecule has 0 bridgehead atoms. The van der Waals surface area contributed by atoms with Crippen LogP contribution < -0.4 is 5.32 Å². The molecule has 106 valence electrons. The normalized spacial score (nSPS) is 24.9. The molecular weight excluding hydrogens is 224 g/mol. The van der Waals surface area contributed by atoms with E-state index < -0.39 is 0 Å². The van der Waals surface area contributed by atoms with E-state index in [1.54, 1.807) is 0 Å². The van der Waals surface area contributed by atoms with Crippen LogP contribution in [0.15, 0.2) is 0 Å². The molecular formula is C15H30N2O. The minimum Gasteiger partial charge on any atom is -0.323 e. The highest BCUT2D eigenvalue weighted by Gasteiger charge is 2.42. The molecule has 3 nitrogen and oxygen atoms in total. The molecule has 0 aromatic heterocycles. The molecule has 18 heavy (non-hydrogen) atoms. The van der Waals surface area contributed by atoms with E-state index in [9.17, 15) is 4.79 Å². The van der Waals surface area contributed by atoms with Gasteiger partial charge >= 0.3 is 0 Å². The Morgan fingerprint density at radius 2 is 1.72 bits per heavy atom. The minimum atomic E-state index is 0.00866. The monoisotopic (exact) mass is 254 g/mol. The Hall–Kier alpha value is -0.570. The molecule has 0 saturated carbocycles. The molecule has 1 fully saturated rings. The Morgan fingerprint density at radius 1 is 1.17 bits per heavy atom. The molecule has 1 N–H and O–H groups in total. The average Bonchev–Trinajstić information content (AvgIpc) is 2.59. The highest BCUT2D eigenvalue weighted by atomic mass is 16.2. The summed E-state index contributed by atoms with van der Waals surface area (Å²) < 4.78 is 0. The van der Waals surface area contributed by atoms with Crippen LogP contribution in [0, 0.1) is 11.8 Å². The first kappa shape index (κ1) is 15.5. The first-order chi connectivity index (χ1) is 8.42. The summed E-state index contributed by atoms with van der Waals surface area (Å²) in [7, 11) is 0. The lowest BCUT2D eigenvalue weighted by Crippen LogP contribution is -2.44. The van der Waals surface area contributed by atoms with Crippen LogP contribution in [0.25, 0.3) is 0 Å². The third-order valence-electron chi connectivity index (χ3n) is 3.93. The molecule has 0 aromatic carbocycles. The van der Waals surface area contributed by atoms with E-state index in [4.69, 9.17) is 0 Å². The highest BCUT2D eigenvalue weighted by Crippen LogP contribution is 2.25. The van der Waals surface area contributed by atoms with Gasteiger partial charge in [-0.1, -0.05) is 41.5 Å². The second kappa shape index (κ2) is 6.55. The van der Waals surface area contributed by atoms with Crippen molar-refractivity contribution in [2.75, 3.05) is 0 Å². The number of hydrogen-bond donors (Lipinski definition) is 1. The Morgan fingerprint density at radius 3 is 2.11 bits per heavy atom. The van der Waals surface area contributed by atoms with Crippen molar-refractivity contribution >= 4 is 5.91 Å². The van der Waals surface area contributed by atoms with E-state index in [1.165, 1.54) is 0 Å². The SMILES string of the molecule is CCC(CC)N1C(=O)C(C(C)C)NC1CC(C)C. The minimum absolute atomic E-state index is 0.00866. The largest absolute Gasteiger partial charge is 0.323 e. The van der Waals surface area contributed by atoms with Crippen LogP contribution in [-0.4, -0.2) is 29.1 Å². The summed E-state index contributed by atoms with van der Waals surface area (Å²) in [5.41, 5.74) is 0. The van der Waals surface area contributed by atoms with E-state index in [-0.39, 0.29) is 12.2 Å². The average molecular weight is 254 g/mol. The van der Waals surface area contributed by atoms with Gasteiger partial charge in [0.15, 0.2) is 0 Å². The van der Waals surface area contributed by atoms with E-state index >= 15 is 0 Å². The summed E-state index contributed by atoms with van der Waals surface area (Å²) in [4.78, 5) is 14.7. The van der Waals surface area contributed by atoms with E-state index in [2.05, 4.69) is 51.8 Å². The van der Waals surface area contributed by atoms with Crippen molar-refractivity contribution < 1.29 is 4.79 Å². The van der Waals surface area contributed by atoms with E-state index in [0.717, 1.165) is 19.3 Å². The molecule has 1 heterocycles. The molecule has 0 spiro atoms. The van der Waals surface area contributed by atoms with Crippen molar-refractivity contribution in [1.82, 2.24) is 10.2 Å². The Kier molecular flexibility index (Phi) is 5.64. The van der Waals surface area contributed by atoms with Gasteiger partial charge in [-0.25, -0.2) is 0 Å². The van der Waals surface area contributed by atoms with Gasteiger partial charge in [0.25, 0.3) is 0 Å². The van der Waals surface area contributed by atoms with Crippen LogP contribution in [0.1, 0.15) is 60.8 Å². The van der Waals surface area contributed by atoms with E-state index in [0.29, 0.717) is 23.8 Å². The van der Waals surface area contributed by atoms with Gasteiger partial charge < -0.3 is 4.90 Å². The van der Waals surface area contributed by atoms with Gasteiger partial charge in [0.1, 0.15) is 0 Å². The van der Waals surface area contributed by atoms with Gasteiger partial charge in [-0.3, -0.25) is 10.1 Å². The van der Waals surface area contributed by atoms with Crippen LogP contribution >= 0.6 is 0 Å². The summed E-state index contributed by atoms with van der Waals surface area (Å²) in [6, 6.07) is 0.395. The molecule has 2 unspecified atom stereocenters. The quantitative estimate of drug-likeness (QED) is 0.790. The molecule has 1 saturated heterocycles. The maximum Gasteiger partial charge on any atom is 0.241 e. The first-order valence-corrected chi connectivity index (χ1v) is 7.50. The molecule has 1 aliphatic heterocycles. The summed E-state index contributed by atoms with van der Waals surface area (Å²) in [6.45, 7) is 13.0. The zero-order chi connectivity index (χ0) is 13.9. The lowest BCUT2D eigenvalue weighted by molar-refractivity contribution is -0.133. The maximum atomic E-state index is 12.6. The predicted octanol–water partition coefficient (Wildman–Crippen LogP) is 3.00. The number of carbonyl (C=O) groups is 1. The van der Waals surface area contributed by atoms with Crippen LogP contribution in [0.3, 0.4) is 0 Å². The highest BCUT2D eigenvalue weighted by molar-refractivity contribution is 5.84. The zero-order valence-corrected chi connectivity index (χ0v) is 12.9. The van der Waals surface area contributed by atoms with Gasteiger partial charge in [0.05, 0.1) is 12.2 Å². The molecule has 0 aliphatic carbocycles. The topological polar surface area (TPSA) is 32.3 Å².